The Morgan fingerprint density at radius 2 is 1.94 bits per heavy atom. The van der Waals surface area contributed by atoms with Gasteiger partial charge in [0.2, 0.25) is 5.90 Å². The van der Waals surface area contributed by atoms with E-state index in [1.807, 2.05) is 0 Å². The van der Waals surface area contributed by atoms with Gasteiger partial charge in [-0.05, 0) is 43.4 Å². The Hall–Kier alpha value is -3.43. The van der Waals surface area contributed by atoms with Crippen LogP contribution in [0.1, 0.15) is 38.7 Å². The SMILES string of the molecule is CC(=N)OC(=N)C12CC(C[C@@H](C)C1)N2C(=O)Nc1cc(-c2ncc(F)cn2)c(C)cc1F. The molecular formula is C22H24F2N6O2. The number of nitrogens with zero attached hydrogens (tertiary/aromatic N) is 3. The Morgan fingerprint density at radius 3 is 2.59 bits per heavy atom. The summed E-state index contributed by atoms with van der Waals surface area (Å²) in [7, 11) is 0. The molecule has 4 rings (SSSR count). The van der Waals surface area contributed by atoms with E-state index in [2.05, 4.69) is 22.2 Å². The molecule has 32 heavy (non-hydrogen) atoms. The number of piperidine rings is 1. The second-order valence-corrected chi connectivity index (χ2v) is 8.59. The van der Waals surface area contributed by atoms with Gasteiger partial charge < -0.3 is 15.0 Å². The summed E-state index contributed by atoms with van der Waals surface area (Å²) in [5.41, 5.74) is -0.00898. The summed E-state index contributed by atoms with van der Waals surface area (Å²) in [4.78, 5) is 22.6. The van der Waals surface area contributed by atoms with Crippen LogP contribution in [-0.2, 0) is 4.74 Å². The van der Waals surface area contributed by atoms with Gasteiger partial charge in [-0.2, -0.15) is 0 Å². The fourth-order valence-corrected chi connectivity index (χ4v) is 4.85. The minimum absolute atomic E-state index is 0.0626. The Kier molecular flexibility index (Phi) is 5.39. The van der Waals surface area contributed by atoms with Crippen LogP contribution < -0.4 is 5.32 Å². The highest BCUT2D eigenvalue weighted by atomic mass is 19.1. The van der Waals surface area contributed by atoms with Gasteiger partial charge in [0.05, 0.1) is 18.1 Å². The first kappa shape index (κ1) is 21.8. The van der Waals surface area contributed by atoms with E-state index in [0.29, 0.717) is 24.0 Å². The lowest BCUT2D eigenvalue weighted by molar-refractivity contribution is -0.0539. The molecule has 2 aliphatic rings. The first-order valence-corrected chi connectivity index (χ1v) is 10.3. The molecule has 2 amide bonds. The van der Waals surface area contributed by atoms with Gasteiger partial charge in [0, 0.05) is 24.9 Å². The number of fused-ring (bicyclic) bond motifs is 2. The predicted molar refractivity (Wildman–Crippen MR) is 115 cm³/mol. The lowest BCUT2D eigenvalue weighted by atomic mass is 9.64. The van der Waals surface area contributed by atoms with Gasteiger partial charge in [0.15, 0.2) is 17.5 Å². The fourth-order valence-electron chi connectivity index (χ4n) is 4.85. The van der Waals surface area contributed by atoms with Crippen LogP contribution in [0.25, 0.3) is 11.4 Å². The Balaban J connectivity index is 1.62. The third-order valence-corrected chi connectivity index (χ3v) is 6.07. The van der Waals surface area contributed by atoms with Crippen LogP contribution in [0.4, 0.5) is 19.3 Å². The van der Waals surface area contributed by atoms with Gasteiger partial charge in [-0.25, -0.2) is 23.5 Å². The van der Waals surface area contributed by atoms with Gasteiger partial charge in [0.1, 0.15) is 11.4 Å². The molecule has 1 aromatic heterocycles. The van der Waals surface area contributed by atoms with Crippen molar-refractivity contribution in [2.45, 2.75) is 51.6 Å². The highest BCUT2D eigenvalue weighted by molar-refractivity contribution is 6.00. The number of hydrogen-bond acceptors (Lipinski definition) is 6. The number of ether oxygens (including phenoxy) is 1. The van der Waals surface area contributed by atoms with Crippen molar-refractivity contribution in [1.29, 1.82) is 10.8 Å². The van der Waals surface area contributed by atoms with Crippen LogP contribution >= 0.6 is 0 Å². The maximum Gasteiger partial charge on any atom is 0.323 e. The van der Waals surface area contributed by atoms with E-state index < -0.39 is 23.2 Å². The van der Waals surface area contributed by atoms with Gasteiger partial charge in [-0.1, -0.05) is 6.92 Å². The summed E-state index contributed by atoms with van der Waals surface area (Å²) in [5.74, 6) is -0.992. The number of carbonyl (C=O) groups excluding carboxylic acids is 1. The van der Waals surface area contributed by atoms with E-state index in [4.69, 9.17) is 15.6 Å². The van der Waals surface area contributed by atoms with E-state index >= 15 is 0 Å². The van der Waals surface area contributed by atoms with Crippen LogP contribution in [0.5, 0.6) is 0 Å². The number of rotatable bonds is 3. The largest absolute Gasteiger partial charge is 0.428 e. The number of hydrogen-bond donors (Lipinski definition) is 3. The number of aryl methyl sites for hydroxylation is 1. The van der Waals surface area contributed by atoms with Crippen LogP contribution in [0, 0.1) is 35.3 Å². The highest BCUT2D eigenvalue weighted by Gasteiger charge is 2.62. The van der Waals surface area contributed by atoms with Crippen molar-refractivity contribution in [2.75, 3.05) is 5.32 Å². The number of benzene rings is 1. The molecular weight excluding hydrogens is 418 g/mol. The van der Waals surface area contributed by atoms with Crippen LogP contribution in [0.2, 0.25) is 0 Å². The summed E-state index contributed by atoms with van der Waals surface area (Å²) in [6.45, 7) is 5.15. The molecule has 2 bridgehead atoms. The zero-order valence-corrected chi connectivity index (χ0v) is 18.0. The minimum atomic E-state index is -0.946. The van der Waals surface area contributed by atoms with E-state index in [9.17, 15) is 13.6 Å². The third-order valence-electron chi connectivity index (χ3n) is 6.07. The maximum absolute atomic E-state index is 14.7. The van der Waals surface area contributed by atoms with Gasteiger partial charge in [-0.15, -0.1) is 0 Å². The summed E-state index contributed by atoms with van der Waals surface area (Å²) in [6, 6.07) is 2.04. The standard InChI is InChI=1S/C22H24F2N6O2/c1-11-4-15-8-22(7-11,20(26)32-13(3)25)30(15)21(31)29-18-6-16(12(2)5-17(18)24)19-27-9-14(23)10-28-19/h5-6,9-11,15,25-26H,4,7-8H2,1-3H3,(H,29,31)/t11-,15?,22?/m1/s1. The topological polar surface area (TPSA) is 115 Å². The first-order valence-electron chi connectivity index (χ1n) is 10.3. The van der Waals surface area contributed by atoms with Crippen molar-refractivity contribution in [2.24, 2.45) is 5.92 Å². The monoisotopic (exact) mass is 442 g/mol. The smallest absolute Gasteiger partial charge is 0.323 e. The quantitative estimate of drug-likeness (QED) is 0.480. The lowest BCUT2D eigenvalue weighted by Crippen LogP contribution is -2.75. The van der Waals surface area contributed by atoms with Crippen LogP contribution in [0.15, 0.2) is 24.5 Å². The van der Waals surface area contributed by atoms with Gasteiger partial charge in [0.25, 0.3) is 0 Å². The number of likely N-dealkylation sites (tertiary alicyclic amines) is 1. The summed E-state index contributed by atoms with van der Waals surface area (Å²) >= 11 is 0. The highest BCUT2D eigenvalue weighted by Crippen LogP contribution is 2.50. The molecule has 1 aliphatic carbocycles. The molecule has 10 heteroatoms. The molecule has 2 fully saturated rings. The van der Waals surface area contributed by atoms with Crippen molar-refractivity contribution in [1.82, 2.24) is 14.9 Å². The van der Waals surface area contributed by atoms with E-state index in [-0.39, 0.29) is 35.3 Å². The van der Waals surface area contributed by atoms with Crippen molar-refractivity contribution < 1.29 is 18.3 Å². The number of halogens is 2. The van der Waals surface area contributed by atoms with Crippen molar-refractivity contribution in [3.63, 3.8) is 0 Å². The third kappa shape index (κ3) is 3.69. The number of carbonyl (C=O) groups is 1. The lowest BCUT2D eigenvalue weighted by Gasteiger charge is -2.62. The first-order chi connectivity index (χ1) is 15.1. The summed E-state index contributed by atoms with van der Waals surface area (Å²) < 4.78 is 33.1. The molecule has 1 saturated carbocycles. The molecule has 2 heterocycles. The zero-order chi connectivity index (χ0) is 23.2. The second kappa shape index (κ2) is 7.92. The average Bonchev–Trinajstić information content (AvgIpc) is 2.69. The zero-order valence-electron chi connectivity index (χ0n) is 18.0. The van der Waals surface area contributed by atoms with Gasteiger partial charge >= 0.3 is 6.03 Å². The summed E-state index contributed by atoms with van der Waals surface area (Å²) in [5, 5.41) is 18.5. The molecule has 0 spiro atoms. The molecule has 1 aliphatic heterocycles. The van der Waals surface area contributed by atoms with Crippen molar-refractivity contribution in [3.05, 3.63) is 41.7 Å². The van der Waals surface area contributed by atoms with E-state index in [1.54, 1.807) is 6.92 Å². The summed E-state index contributed by atoms with van der Waals surface area (Å²) in [6.07, 6.45) is 3.92. The number of anilines is 1. The number of nitrogens with one attached hydrogen (secondary N) is 3. The normalized spacial score (nSPS) is 23.8. The van der Waals surface area contributed by atoms with Crippen molar-refractivity contribution in [3.8, 4) is 11.4 Å². The van der Waals surface area contributed by atoms with E-state index in [1.165, 1.54) is 24.0 Å². The second-order valence-electron chi connectivity index (χ2n) is 8.59. The number of urea groups is 1. The Labute approximate surface area is 184 Å². The Bertz CT molecular complexity index is 1110. The Morgan fingerprint density at radius 1 is 1.25 bits per heavy atom. The van der Waals surface area contributed by atoms with E-state index in [0.717, 1.165) is 18.8 Å². The molecule has 3 atom stereocenters. The molecule has 168 valence electrons. The van der Waals surface area contributed by atoms with Crippen molar-refractivity contribution >= 4 is 23.5 Å². The molecule has 8 nitrogen and oxygen atoms in total. The number of amides is 2. The number of aromatic nitrogens is 2. The molecule has 3 N–H and O–H groups in total. The average molecular weight is 442 g/mol. The molecule has 2 unspecified atom stereocenters. The minimum Gasteiger partial charge on any atom is -0.428 e. The van der Waals surface area contributed by atoms with Crippen LogP contribution in [-0.4, -0.2) is 44.3 Å². The van der Waals surface area contributed by atoms with Gasteiger partial charge in [-0.3, -0.25) is 10.8 Å². The maximum atomic E-state index is 14.7. The van der Waals surface area contributed by atoms with Crippen LogP contribution in [0.3, 0.4) is 0 Å². The fraction of sp³-hybridized carbons (Fsp3) is 0.409. The molecule has 0 radical (unpaired) electrons. The molecule has 1 saturated heterocycles. The molecule has 1 aromatic carbocycles. The predicted octanol–water partition coefficient (Wildman–Crippen LogP) is 4.50. The molecule has 2 aromatic rings.